The second-order valence-electron chi connectivity index (χ2n) is 5.84. The zero-order valence-electron chi connectivity index (χ0n) is 15.8. The van der Waals surface area contributed by atoms with E-state index in [1.54, 1.807) is 37.4 Å². The minimum absolute atomic E-state index is 0.208. The van der Waals surface area contributed by atoms with Gasteiger partial charge in [-0.2, -0.15) is 0 Å². The summed E-state index contributed by atoms with van der Waals surface area (Å²) in [7, 11) is 3.20. The summed E-state index contributed by atoms with van der Waals surface area (Å²) < 4.78 is 19.0. The summed E-state index contributed by atoms with van der Waals surface area (Å²) in [4.78, 5) is 13.2. The number of halogens is 2. The molecular formula is C20H19ClFN5O2. The normalized spacial score (nSPS) is 10.8. The number of aromatic nitrogens is 2. The molecule has 0 aliphatic carbocycles. The maximum absolute atomic E-state index is 13.3. The number of anilines is 3. The zero-order chi connectivity index (χ0) is 20.6. The predicted octanol–water partition coefficient (Wildman–Crippen LogP) is 4.61. The fourth-order valence-corrected chi connectivity index (χ4v) is 2.78. The first-order chi connectivity index (χ1) is 14.1. The van der Waals surface area contributed by atoms with Crippen LogP contribution >= 0.6 is 11.6 Å². The first-order valence-corrected chi connectivity index (χ1v) is 9.01. The van der Waals surface area contributed by atoms with Crippen LogP contribution in [0.4, 0.5) is 21.7 Å². The summed E-state index contributed by atoms with van der Waals surface area (Å²) in [6, 6.07) is 11.5. The molecule has 3 rings (SSSR count). The molecule has 0 bridgehead atoms. The lowest BCUT2D eigenvalue weighted by Gasteiger charge is -2.13. The van der Waals surface area contributed by atoms with Gasteiger partial charge in [0.15, 0.2) is 0 Å². The quantitative estimate of drug-likeness (QED) is 0.413. The molecule has 0 amide bonds. The topological polar surface area (TPSA) is 80.7 Å². The van der Waals surface area contributed by atoms with E-state index in [0.29, 0.717) is 39.2 Å². The van der Waals surface area contributed by atoms with Gasteiger partial charge in [0, 0.05) is 12.7 Å². The molecule has 0 unspecified atom stereocenters. The number of hydrogen-bond donors (Lipinski definition) is 2. The van der Waals surface area contributed by atoms with Crippen molar-refractivity contribution in [2.75, 3.05) is 24.8 Å². The van der Waals surface area contributed by atoms with Gasteiger partial charge in [0.2, 0.25) is 0 Å². The second kappa shape index (κ2) is 9.70. The lowest BCUT2D eigenvalue weighted by atomic mass is 10.2. The minimum Gasteiger partial charge on any atom is -0.487 e. The number of ether oxygens (including phenoxy) is 1. The Kier molecular flexibility index (Phi) is 6.80. The van der Waals surface area contributed by atoms with Crippen LogP contribution in [0.1, 0.15) is 11.1 Å². The summed E-state index contributed by atoms with van der Waals surface area (Å²) in [5.74, 6) is 1.29. The van der Waals surface area contributed by atoms with Crippen LogP contribution in [0.15, 0.2) is 53.9 Å². The van der Waals surface area contributed by atoms with E-state index in [9.17, 15) is 4.39 Å². The molecule has 0 aliphatic heterocycles. The largest absolute Gasteiger partial charge is 0.487 e. The Labute approximate surface area is 172 Å². The van der Waals surface area contributed by atoms with Crippen LogP contribution in [0.3, 0.4) is 0 Å². The molecule has 2 aromatic carbocycles. The van der Waals surface area contributed by atoms with Crippen LogP contribution < -0.4 is 15.4 Å². The van der Waals surface area contributed by atoms with Crippen LogP contribution in [0.5, 0.6) is 5.75 Å². The Bertz CT molecular complexity index is 1020. The van der Waals surface area contributed by atoms with Crippen molar-refractivity contribution < 1.29 is 14.0 Å². The predicted molar refractivity (Wildman–Crippen MR) is 112 cm³/mol. The van der Waals surface area contributed by atoms with Crippen molar-refractivity contribution in [2.24, 2.45) is 5.16 Å². The molecule has 0 saturated heterocycles. The molecule has 0 fully saturated rings. The van der Waals surface area contributed by atoms with E-state index in [0.717, 1.165) is 0 Å². The molecule has 0 atom stereocenters. The van der Waals surface area contributed by atoms with Gasteiger partial charge in [0.05, 0.1) is 16.8 Å². The minimum atomic E-state index is -0.310. The standard InChI is InChI=1S/C20H19ClFN5O2/c1-23-19-16(10-26-28-2)20(25-12-24-19)27-15-6-7-18(17(21)9-15)29-11-13-4-3-5-14(22)8-13/h3-10,12H,11H2,1-2H3,(H2,23,24,25,27)/b26-10-. The van der Waals surface area contributed by atoms with Gasteiger partial charge < -0.3 is 20.2 Å². The molecule has 0 spiro atoms. The van der Waals surface area contributed by atoms with E-state index in [2.05, 4.69) is 25.8 Å². The molecule has 7 nitrogen and oxygen atoms in total. The van der Waals surface area contributed by atoms with Crippen molar-refractivity contribution in [3.63, 3.8) is 0 Å². The summed E-state index contributed by atoms with van der Waals surface area (Å²) in [5, 5.41) is 10.3. The molecule has 1 heterocycles. The van der Waals surface area contributed by atoms with Crippen molar-refractivity contribution in [3.8, 4) is 5.75 Å². The van der Waals surface area contributed by atoms with E-state index < -0.39 is 0 Å². The van der Waals surface area contributed by atoms with E-state index >= 15 is 0 Å². The van der Waals surface area contributed by atoms with E-state index in [1.807, 2.05) is 0 Å². The van der Waals surface area contributed by atoms with Gasteiger partial charge in [-0.15, -0.1) is 0 Å². The number of oxime groups is 1. The first-order valence-electron chi connectivity index (χ1n) is 8.64. The summed E-state index contributed by atoms with van der Waals surface area (Å²) in [5.41, 5.74) is 2.03. The molecule has 2 N–H and O–H groups in total. The third kappa shape index (κ3) is 5.32. The molecule has 1 aromatic heterocycles. The summed E-state index contributed by atoms with van der Waals surface area (Å²) in [6.45, 7) is 0.208. The number of benzene rings is 2. The van der Waals surface area contributed by atoms with Gasteiger partial charge in [0.1, 0.15) is 43.2 Å². The number of hydrogen-bond acceptors (Lipinski definition) is 7. The molecule has 29 heavy (non-hydrogen) atoms. The van der Waals surface area contributed by atoms with Gasteiger partial charge in [0.25, 0.3) is 0 Å². The van der Waals surface area contributed by atoms with Crippen molar-refractivity contribution in [2.45, 2.75) is 6.61 Å². The van der Waals surface area contributed by atoms with Crippen molar-refractivity contribution >= 4 is 35.1 Å². The van der Waals surface area contributed by atoms with Crippen molar-refractivity contribution in [1.82, 2.24) is 9.97 Å². The number of nitrogens with one attached hydrogen (secondary N) is 2. The molecule has 9 heteroatoms. The smallest absolute Gasteiger partial charge is 0.144 e. The van der Waals surface area contributed by atoms with Gasteiger partial charge in [-0.1, -0.05) is 28.9 Å². The van der Waals surface area contributed by atoms with Gasteiger partial charge in [-0.3, -0.25) is 0 Å². The Morgan fingerprint density at radius 3 is 2.72 bits per heavy atom. The lowest BCUT2D eigenvalue weighted by Crippen LogP contribution is -2.05. The second-order valence-corrected chi connectivity index (χ2v) is 6.25. The third-order valence-corrected chi connectivity index (χ3v) is 4.18. The van der Waals surface area contributed by atoms with Crippen molar-refractivity contribution in [1.29, 1.82) is 0 Å². The summed E-state index contributed by atoms with van der Waals surface area (Å²) >= 11 is 6.34. The highest BCUT2D eigenvalue weighted by atomic mass is 35.5. The first kappa shape index (κ1) is 20.3. The monoisotopic (exact) mass is 415 g/mol. The number of nitrogens with zero attached hydrogens (tertiary/aromatic N) is 3. The van der Waals surface area contributed by atoms with Crippen LogP contribution in [0.25, 0.3) is 0 Å². The average molecular weight is 416 g/mol. The fraction of sp³-hybridized carbons (Fsp3) is 0.150. The van der Waals surface area contributed by atoms with Crippen LogP contribution in [0, 0.1) is 5.82 Å². The van der Waals surface area contributed by atoms with Gasteiger partial charge in [-0.05, 0) is 35.9 Å². The maximum Gasteiger partial charge on any atom is 0.144 e. The summed E-state index contributed by atoms with van der Waals surface area (Å²) in [6.07, 6.45) is 2.93. The SMILES string of the molecule is CNc1ncnc(Nc2ccc(OCc3cccc(F)c3)c(Cl)c2)c1/C=N\OC. The van der Waals surface area contributed by atoms with Crippen molar-refractivity contribution in [3.05, 3.63) is 70.8 Å². The van der Waals surface area contributed by atoms with Crippen LogP contribution in [-0.4, -0.2) is 30.3 Å². The lowest BCUT2D eigenvalue weighted by molar-refractivity contribution is 0.215. The highest BCUT2D eigenvalue weighted by Crippen LogP contribution is 2.30. The Morgan fingerprint density at radius 1 is 1.17 bits per heavy atom. The van der Waals surface area contributed by atoms with E-state index in [1.165, 1.54) is 31.8 Å². The molecular weight excluding hydrogens is 397 g/mol. The highest BCUT2D eigenvalue weighted by molar-refractivity contribution is 6.32. The Hall–Kier alpha value is -3.39. The van der Waals surface area contributed by atoms with E-state index in [4.69, 9.17) is 21.2 Å². The van der Waals surface area contributed by atoms with Crippen LogP contribution in [0.2, 0.25) is 5.02 Å². The molecule has 0 saturated carbocycles. The molecule has 150 valence electrons. The Balaban J connectivity index is 1.76. The zero-order valence-corrected chi connectivity index (χ0v) is 16.6. The Morgan fingerprint density at radius 2 is 2.00 bits per heavy atom. The van der Waals surface area contributed by atoms with E-state index in [-0.39, 0.29) is 12.4 Å². The molecule has 0 radical (unpaired) electrons. The fourth-order valence-electron chi connectivity index (χ4n) is 2.54. The molecule has 0 aliphatic rings. The van der Waals surface area contributed by atoms with Gasteiger partial charge in [-0.25, -0.2) is 14.4 Å². The third-order valence-electron chi connectivity index (χ3n) is 3.89. The van der Waals surface area contributed by atoms with Gasteiger partial charge >= 0.3 is 0 Å². The highest BCUT2D eigenvalue weighted by Gasteiger charge is 2.11. The number of rotatable bonds is 8. The molecule has 3 aromatic rings. The maximum atomic E-state index is 13.3. The average Bonchev–Trinajstić information content (AvgIpc) is 2.72. The van der Waals surface area contributed by atoms with Crippen LogP contribution in [-0.2, 0) is 11.4 Å².